The van der Waals surface area contributed by atoms with Crippen molar-refractivity contribution in [2.24, 2.45) is 5.92 Å². The Kier molecular flexibility index (Phi) is 5.09. The van der Waals surface area contributed by atoms with Crippen LogP contribution in [0.15, 0.2) is 0 Å². The second kappa shape index (κ2) is 6.11. The summed E-state index contributed by atoms with van der Waals surface area (Å²) >= 11 is 0. The summed E-state index contributed by atoms with van der Waals surface area (Å²) in [6.07, 6.45) is 4.53. The zero-order valence-electron chi connectivity index (χ0n) is 10.2. The van der Waals surface area contributed by atoms with E-state index in [0.29, 0.717) is 6.04 Å². The molecule has 1 rings (SSSR count). The number of nitrogens with zero attached hydrogens (tertiary/aromatic N) is 1. The largest absolute Gasteiger partial charge is 0.469 e. The first-order valence-corrected chi connectivity index (χ1v) is 6.01. The number of methoxy groups -OCH3 is 1. The molecule has 1 heterocycles. The summed E-state index contributed by atoms with van der Waals surface area (Å²) in [4.78, 5) is 13.9. The highest BCUT2D eigenvalue weighted by molar-refractivity contribution is 5.72. The molecule has 0 aromatic rings. The second-order valence-corrected chi connectivity index (χ2v) is 4.49. The molecule has 0 spiro atoms. The molecule has 0 aromatic heterocycles. The van der Waals surface area contributed by atoms with Gasteiger partial charge in [0.2, 0.25) is 0 Å². The quantitative estimate of drug-likeness (QED) is 0.669. The molecule has 3 heteroatoms. The Morgan fingerprint density at radius 1 is 1.60 bits per heavy atom. The van der Waals surface area contributed by atoms with Gasteiger partial charge in [-0.15, -0.1) is 0 Å². The van der Waals surface area contributed by atoms with Gasteiger partial charge in [0.25, 0.3) is 0 Å². The van der Waals surface area contributed by atoms with Crippen molar-refractivity contribution < 1.29 is 9.53 Å². The molecule has 0 radical (unpaired) electrons. The van der Waals surface area contributed by atoms with Gasteiger partial charge < -0.3 is 4.74 Å². The number of piperidine rings is 1. The van der Waals surface area contributed by atoms with Crippen LogP contribution in [-0.4, -0.2) is 37.1 Å². The molecule has 1 fully saturated rings. The van der Waals surface area contributed by atoms with Gasteiger partial charge in [0.15, 0.2) is 0 Å². The maximum atomic E-state index is 11.4. The molecule has 0 aromatic carbocycles. The van der Waals surface area contributed by atoms with Crippen molar-refractivity contribution in [3.63, 3.8) is 0 Å². The summed E-state index contributed by atoms with van der Waals surface area (Å²) in [6, 6.07) is 0.599. The van der Waals surface area contributed by atoms with Crippen molar-refractivity contribution in [1.29, 1.82) is 0 Å². The van der Waals surface area contributed by atoms with Crippen LogP contribution in [0.25, 0.3) is 0 Å². The van der Waals surface area contributed by atoms with E-state index in [1.54, 1.807) is 0 Å². The highest BCUT2D eigenvalue weighted by Gasteiger charge is 2.28. The van der Waals surface area contributed by atoms with Gasteiger partial charge in [-0.1, -0.05) is 13.3 Å². The van der Waals surface area contributed by atoms with Crippen molar-refractivity contribution in [3.05, 3.63) is 0 Å². The SMILES string of the molecule is CCCC(C)N1CCCC(C(=O)OC)C1. The predicted octanol–water partition coefficient (Wildman–Crippen LogP) is 2.06. The summed E-state index contributed by atoms with van der Waals surface area (Å²) < 4.78 is 4.81. The van der Waals surface area contributed by atoms with Gasteiger partial charge >= 0.3 is 5.97 Å². The molecule has 0 N–H and O–H groups in total. The number of esters is 1. The second-order valence-electron chi connectivity index (χ2n) is 4.49. The van der Waals surface area contributed by atoms with Crippen LogP contribution in [0, 0.1) is 5.92 Å². The summed E-state index contributed by atoms with van der Waals surface area (Å²) in [5, 5.41) is 0. The normalized spacial score (nSPS) is 24.9. The third kappa shape index (κ3) is 3.49. The van der Waals surface area contributed by atoms with E-state index in [9.17, 15) is 4.79 Å². The van der Waals surface area contributed by atoms with Crippen LogP contribution in [0.1, 0.15) is 39.5 Å². The zero-order valence-corrected chi connectivity index (χ0v) is 10.2. The summed E-state index contributed by atoms with van der Waals surface area (Å²) in [6.45, 7) is 6.48. The fourth-order valence-corrected chi connectivity index (χ4v) is 2.37. The van der Waals surface area contributed by atoms with Gasteiger partial charge in [0.1, 0.15) is 0 Å². The van der Waals surface area contributed by atoms with Crippen molar-refractivity contribution in [2.45, 2.75) is 45.6 Å². The molecule has 0 bridgehead atoms. The van der Waals surface area contributed by atoms with E-state index < -0.39 is 0 Å². The van der Waals surface area contributed by atoms with Crippen molar-refractivity contribution >= 4 is 5.97 Å². The third-order valence-electron chi connectivity index (χ3n) is 3.32. The number of hydrogen-bond donors (Lipinski definition) is 0. The van der Waals surface area contributed by atoms with Crippen molar-refractivity contribution in [3.8, 4) is 0 Å². The van der Waals surface area contributed by atoms with E-state index in [1.165, 1.54) is 20.0 Å². The Balaban J connectivity index is 2.44. The zero-order chi connectivity index (χ0) is 11.3. The number of carbonyl (C=O) groups excluding carboxylic acids is 1. The number of likely N-dealkylation sites (tertiary alicyclic amines) is 1. The lowest BCUT2D eigenvalue weighted by molar-refractivity contribution is -0.147. The van der Waals surface area contributed by atoms with E-state index in [1.807, 2.05) is 0 Å². The molecule has 88 valence electrons. The predicted molar refractivity (Wildman–Crippen MR) is 60.7 cm³/mol. The van der Waals surface area contributed by atoms with Gasteiger partial charge in [0, 0.05) is 12.6 Å². The molecule has 1 aliphatic heterocycles. The molecular weight excluding hydrogens is 190 g/mol. The van der Waals surface area contributed by atoms with Gasteiger partial charge in [-0.2, -0.15) is 0 Å². The Morgan fingerprint density at radius 3 is 2.93 bits per heavy atom. The molecule has 2 atom stereocenters. The Morgan fingerprint density at radius 2 is 2.33 bits per heavy atom. The fraction of sp³-hybridized carbons (Fsp3) is 0.917. The third-order valence-corrected chi connectivity index (χ3v) is 3.32. The summed E-state index contributed by atoms with van der Waals surface area (Å²) in [5.41, 5.74) is 0. The van der Waals surface area contributed by atoms with Crippen LogP contribution in [0.2, 0.25) is 0 Å². The first kappa shape index (κ1) is 12.5. The molecule has 0 amide bonds. The van der Waals surface area contributed by atoms with Gasteiger partial charge in [-0.05, 0) is 32.7 Å². The first-order chi connectivity index (χ1) is 7.19. The molecule has 3 nitrogen and oxygen atoms in total. The van der Waals surface area contributed by atoms with Crippen LogP contribution in [-0.2, 0) is 9.53 Å². The van der Waals surface area contributed by atoms with Crippen LogP contribution in [0.4, 0.5) is 0 Å². The Bertz CT molecular complexity index is 206. The monoisotopic (exact) mass is 213 g/mol. The van der Waals surface area contributed by atoms with Crippen LogP contribution in [0.3, 0.4) is 0 Å². The average molecular weight is 213 g/mol. The minimum atomic E-state index is -0.0385. The van der Waals surface area contributed by atoms with E-state index >= 15 is 0 Å². The van der Waals surface area contributed by atoms with Crippen LogP contribution < -0.4 is 0 Å². The molecule has 0 saturated carbocycles. The molecule has 1 aliphatic rings. The lowest BCUT2D eigenvalue weighted by atomic mass is 9.96. The van der Waals surface area contributed by atoms with E-state index in [0.717, 1.165) is 25.9 Å². The van der Waals surface area contributed by atoms with Crippen molar-refractivity contribution in [2.75, 3.05) is 20.2 Å². The van der Waals surface area contributed by atoms with E-state index in [2.05, 4.69) is 18.7 Å². The molecular formula is C12H23NO2. The first-order valence-electron chi connectivity index (χ1n) is 6.01. The number of carbonyl (C=O) groups is 1. The minimum Gasteiger partial charge on any atom is -0.469 e. The van der Waals surface area contributed by atoms with Crippen LogP contribution in [0.5, 0.6) is 0 Å². The fourth-order valence-electron chi connectivity index (χ4n) is 2.37. The standard InChI is InChI=1S/C12H23NO2/c1-4-6-10(2)13-8-5-7-11(9-13)12(14)15-3/h10-11H,4-9H2,1-3H3. The summed E-state index contributed by atoms with van der Waals surface area (Å²) in [5.74, 6) is 0.0615. The molecule has 0 aliphatic carbocycles. The topological polar surface area (TPSA) is 29.5 Å². The molecule has 2 unspecified atom stereocenters. The molecule has 1 saturated heterocycles. The highest BCUT2D eigenvalue weighted by Crippen LogP contribution is 2.20. The van der Waals surface area contributed by atoms with Gasteiger partial charge in [-0.25, -0.2) is 0 Å². The number of rotatable bonds is 4. The number of ether oxygens (including phenoxy) is 1. The number of hydrogen-bond acceptors (Lipinski definition) is 3. The lowest BCUT2D eigenvalue weighted by Gasteiger charge is -2.35. The summed E-state index contributed by atoms with van der Waals surface area (Å²) in [7, 11) is 1.48. The lowest BCUT2D eigenvalue weighted by Crippen LogP contribution is -2.43. The maximum absolute atomic E-state index is 11.4. The van der Waals surface area contributed by atoms with Gasteiger partial charge in [0.05, 0.1) is 13.0 Å². The van der Waals surface area contributed by atoms with E-state index in [-0.39, 0.29) is 11.9 Å². The molecule has 15 heavy (non-hydrogen) atoms. The Hall–Kier alpha value is -0.570. The van der Waals surface area contributed by atoms with E-state index in [4.69, 9.17) is 4.74 Å². The minimum absolute atomic E-state index is 0.0385. The smallest absolute Gasteiger partial charge is 0.309 e. The Labute approximate surface area is 92.8 Å². The highest BCUT2D eigenvalue weighted by atomic mass is 16.5. The van der Waals surface area contributed by atoms with Crippen molar-refractivity contribution in [1.82, 2.24) is 4.90 Å². The van der Waals surface area contributed by atoms with Gasteiger partial charge in [-0.3, -0.25) is 9.69 Å². The average Bonchev–Trinajstić information content (AvgIpc) is 2.28. The van der Waals surface area contributed by atoms with Crippen LogP contribution >= 0.6 is 0 Å². The maximum Gasteiger partial charge on any atom is 0.309 e.